The monoisotopic (exact) mass is 345 g/mol. The van der Waals surface area contributed by atoms with Crippen LogP contribution in [0.3, 0.4) is 0 Å². The quantitative estimate of drug-likeness (QED) is 0.709. The number of nitrogens with one attached hydrogen (secondary N) is 1. The van der Waals surface area contributed by atoms with Gasteiger partial charge in [-0.1, -0.05) is 48.5 Å². The van der Waals surface area contributed by atoms with Gasteiger partial charge in [-0.05, 0) is 60.7 Å². The molecule has 4 rings (SSSR count). The first kappa shape index (κ1) is 16.6. The average molecular weight is 345 g/mol. The van der Waals surface area contributed by atoms with Crippen molar-refractivity contribution in [3.8, 4) is 5.75 Å². The Morgan fingerprint density at radius 3 is 2.62 bits per heavy atom. The third kappa shape index (κ3) is 2.94. The molecule has 0 aliphatic heterocycles. The number of aryl methyl sites for hydroxylation is 1. The van der Waals surface area contributed by atoms with Gasteiger partial charge in [-0.15, -0.1) is 0 Å². The van der Waals surface area contributed by atoms with Gasteiger partial charge in [0.2, 0.25) is 0 Å². The van der Waals surface area contributed by atoms with E-state index in [1.165, 1.54) is 16.3 Å². The van der Waals surface area contributed by atoms with Crippen molar-refractivity contribution in [3.05, 3.63) is 77.4 Å². The molecule has 3 nitrogen and oxygen atoms in total. The second-order valence-electron chi connectivity index (χ2n) is 6.97. The van der Waals surface area contributed by atoms with Crippen molar-refractivity contribution < 1.29 is 9.53 Å². The molecule has 1 fully saturated rings. The summed E-state index contributed by atoms with van der Waals surface area (Å²) in [4.78, 5) is 13.0. The fraction of sp³-hybridized carbons (Fsp3) is 0.261. The lowest BCUT2D eigenvalue weighted by Gasteiger charge is -2.21. The Kier molecular flexibility index (Phi) is 4.15. The molecule has 0 radical (unpaired) electrons. The van der Waals surface area contributed by atoms with Gasteiger partial charge in [0.15, 0.2) is 0 Å². The van der Waals surface area contributed by atoms with E-state index in [1.807, 2.05) is 38.1 Å². The standard InChI is InChI=1S/C23H23NO2/c1-3-26-18-12-11-16(2)20(15-18)22(25)24-23(13-14-23)21-10-6-8-17-7-4-5-9-19(17)21/h4-12,15H,3,13-14H2,1-2H3,(H,24,25). The van der Waals surface area contributed by atoms with Crippen LogP contribution >= 0.6 is 0 Å². The Balaban J connectivity index is 1.66. The highest BCUT2D eigenvalue weighted by atomic mass is 16.5. The van der Waals surface area contributed by atoms with E-state index >= 15 is 0 Å². The molecule has 0 bridgehead atoms. The van der Waals surface area contributed by atoms with Gasteiger partial charge in [0, 0.05) is 5.56 Å². The molecule has 1 N–H and O–H groups in total. The molecule has 3 heteroatoms. The summed E-state index contributed by atoms with van der Waals surface area (Å²) in [6.07, 6.45) is 1.94. The molecular formula is C23H23NO2. The molecule has 0 heterocycles. The van der Waals surface area contributed by atoms with E-state index in [0.717, 1.165) is 24.2 Å². The van der Waals surface area contributed by atoms with Crippen molar-refractivity contribution in [1.29, 1.82) is 0 Å². The molecule has 26 heavy (non-hydrogen) atoms. The van der Waals surface area contributed by atoms with Crippen LogP contribution in [-0.2, 0) is 5.54 Å². The molecule has 1 amide bonds. The summed E-state index contributed by atoms with van der Waals surface area (Å²) in [6.45, 7) is 4.49. The minimum Gasteiger partial charge on any atom is -0.494 e. The van der Waals surface area contributed by atoms with Crippen LogP contribution in [0.25, 0.3) is 10.8 Å². The van der Waals surface area contributed by atoms with Gasteiger partial charge < -0.3 is 10.1 Å². The molecule has 1 saturated carbocycles. The van der Waals surface area contributed by atoms with Crippen LogP contribution in [0.1, 0.15) is 41.3 Å². The lowest BCUT2D eigenvalue weighted by atomic mass is 9.96. The predicted octanol–water partition coefficient (Wildman–Crippen LogP) is 4.97. The van der Waals surface area contributed by atoms with Crippen LogP contribution in [0.5, 0.6) is 5.75 Å². The zero-order valence-electron chi connectivity index (χ0n) is 15.2. The summed E-state index contributed by atoms with van der Waals surface area (Å²) in [5, 5.41) is 5.73. The molecule has 0 atom stereocenters. The summed E-state index contributed by atoms with van der Waals surface area (Å²) in [5.74, 6) is 0.702. The molecule has 0 spiro atoms. The van der Waals surface area contributed by atoms with Crippen LogP contribution in [0, 0.1) is 6.92 Å². The summed E-state index contributed by atoms with van der Waals surface area (Å²) >= 11 is 0. The number of fused-ring (bicyclic) bond motifs is 1. The number of rotatable bonds is 5. The second-order valence-corrected chi connectivity index (χ2v) is 6.97. The lowest BCUT2D eigenvalue weighted by molar-refractivity contribution is 0.0930. The van der Waals surface area contributed by atoms with Gasteiger partial charge in [-0.3, -0.25) is 4.79 Å². The van der Waals surface area contributed by atoms with Gasteiger partial charge in [0.1, 0.15) is 5.75 Å². The maximum atomic E-state index is 13.0. The van der Waals surface area contributed by atoms with Crippen LogP contribution < -0.4 is 10.1 Å². The molecule has 132 valence electrons. The van der Waals surface area contributed by atoms with E-state index in [-0.39, 0.29) is 11.4 Å². The fourth-order valence-corrected chi connectivity index (χ4v) is 3.62. The molecule has 3 aromatic carbocycles. The van der Waals surface area contributed by atoms with Crippen LogP contribution in [0.4, 0.5) is 0 Å². The molecule has 0 aromatic heterocycles. The summed E-state index contributed by atoms with van der Waals surface area (Å²) in [7, 11) is 0. The number of hydrogen-bond donors (Lipinski definition) is 1. The first-order valence-electron chi connectivity index (χ1n) is 9.17. The number of benzene rings is 3. The summed E-state index contributed by atoms with van der Waals surface area (Å²) in [6, 6.07) is 20.4. The smallest absolute Gasteiger partial charge is 0.252 e. The number of hydrogen-bond acceptors (Lipinski definition) is 2. The van der Waals surface area contributed by atoms with E-state index in [1.54, 1.807) is 0 Å². The van der Waals surface area contributed by atoms with Crippen molar-refractivity contribution >= 4 is 16.7 Å². The van der Waals surface area contributed by atoms with Crippen molar-refractivity contribution in [1.82, 2.24) is 5.32 Å². The van der Waals surface area contributed by atoms with E-state index in [9.17, 15) is 4.79 Å². The highest BCUT2D eigenvalue weighted by Gasteiger charge is 2.46. The average Bonchev–Trinajstić information content (AvgIpc) is 3.43. The van der Waals surface area contributed by atoms with Crippen molar-refractivity contribution in [2.45, 2.75) is 32.2 Å². The predicted molar refractivity (Wildman–Crippen MR) is 105 cm³/mol. The van der Waals surface area contributed by atoms with E-state index in [0.29, 0.717) is 12.2 Å². The zero-order valence-corrected chi connectivity index (χ0v) is 15.2. The van der Waals surface area contributed by atoms with E-state index in [2.05, 4.69) is 41.7 Å². The van der Waals surface area contributed by atoms with Crippen LogP contribution in [0.15, 0.2) is 60.7 Å². The Hall–Kier alpha value is -2.81. The van der Waals surface area contributed by atoms with Crippen molar-refractivity contribution in [3.63, 3.8) is 0 Å². The number of ether oxygens (including phenoxy) is 1. The topological polar surface area (TPSA) is 38.3 Å². The van der Waals surface area contributed by atoms with E-state index < -0.39 is 0 Å². The lowest BCUT2D eigenvalue weighted by Crippen LogP contribution is -2.35. The Bertz CT molecular complexity index is 968. The summed E-state index contributed by atoms with van der Waals surface area (Å²) in [5.41, 5.74) is 2.59. The van der Waals surface area contributed by atoms with Gasteiger partial charge >= 0.3 is 0 Å². The third-order valence-electron chi connectivity index (χ3n) is 5.17. The maximum absolute atomic E-state index is 13.0. The van der Waals surface area contributed by atoms with Gasteiger partial charge in [-0.25, -0.2) is 0 Å². The molecule has 1 aliphatic rings. The molecule has 0 unspecified atom stereocenters. The van der Waals surface area contributed by atoms with Gasteiger partial charge in [0.05, 0.1) is 12.1 Å². The molecular weight excluding hydrogens is 322 g/mol. The van der Waals surface area contributed by atoms with Crippen LogP contribution in [-0.4, -0.2) is 12.5 Å². The first-order valence-corrected chi connectivity index (χ1v) is 9.17. The fourth-order valence-electron chi connectivity index (χ4n) is 3.62. The van der Waals surface area contributed by atoms with Gasteiger partial charge in [-0.2, -0.15) is 0 Å². The molecule has 3 aromatic rings. The maximum Gasteiger partial charge on any atom is 0.252 e. The third-order valence-corrected chi connectivity index (χ3v) is 5.17. The Labute approximate surface area is 154 Å². The number of carbonyl (C=O) groups excluding carboxylic acids is 1. The SMILES string of the molecule is CCOc1ccc(C)c(C(=O)NC2(c3cccc4ccccc34)CC2)c1. The Morgan fingerprint density at radius 1 is 1.08 bits per heavy atom. The first-order chi connectivity index (χ1) is 12.6. The minimum absolute atomic E-state index is 0.0329. The largest absolute Gasteiger partial charge is 0.494 e. The van der Waals surface area contributed by atoms with E-state index in [4.69, 9.17) is 4.74 Å². The zero-order chi connectivity index (χ0) is 18.1. The second kappa shape index (κ2) is 6.49. The van der Waals surface area contributed by atoms with Crippen LogP contribution in [0.2, 0.25) is 0 Å². The highest BCUT2D eigenvalue weighted by molar-refractivity contribution is 5.97. The van der Waals surface area contributed by atoms with Crippen molar-refractivity contribution in [2.24, 2.45) is 0 Å². The highest BCUT2D eigenvalue weighted by Crippen LogP contribution is 2.48. The normalized spacial score (nSPS) is 14.8. The number of amides is 1. The molecule has 0 saturated heterocycles. The Morgan fingerprint density at radius 2 is 1.85 bits per heavy atom. The molecule has 1 aliphatic carbocycles. The number of carbonyl (C=O) groups is 1. The van der Waals surface area contributed by atoms with Gasteiger partial charge in [0.25, 0.3) is 5.91 Å². The van der Waals surface area contributed by atoms with Crippen molar-refractivity contribution in [2.75, 3.05) is 6.61 Å². The minimum atomic E-state index is -0.258. The summed E-state index contributed by atoms with van der Waals surface area (Å²) < 4.78 is 5.56.